The number of carbonyl (C=O) groups is 1. The zero-order valence-corrected chi connectivity index (χ0v) is 14.8. The monoisotopic (exact) mass is 403 g/mol. The lowest BCUT2D eigenvalue weighted by molar-refractivity contribution is 0.0424. The van der Waals surface area contributed by atoms with Gasteiger partial charge in [-0.3, -0.25) is 0 Å². The van der Waals surface area contributed by atoms with Crippen LogP contribution < -0.4 is 11.1 Å². The molecule has 9 heteroatoms. The van der Waals surface area contributed by atoms with Crippen LogP contribution in [-0.2, 0) is 11.3 Å². The average molecular weight is 404 g/mol. The number of benzene rings is 1. The van der Waals surface area contributed by atoms with E-state index < -0.39 is 5.97 Å². The number of aromatic nitrogens is 3. The molecule has 3 N–H and O–H groups in total. The Hall–Kier alpha value is -2.94. The number of halogens is 1. The SMILES string of the molecule is Cc1ccccc1Nc1nc(N)nc(COC(=O)c2ccc(Br)o2)n1. The number of para-hydroxylation sites is 1. The number of hydrogen-bond donors (Lipinski definition) is 2. The largest absolute Gasteiger partial charge is 0.452 e. The lowest BCUT2D eigenvalue weighted by Crippen LogP contribution is -2.11. The van der Waals surface area contributed by atoms with Crippen LogP contribution >= 0.6 is 15.9 Å². The number of esters is 1. The van der Waals surface area contributed by atoms with Crippen molar-refractivity contribution < 1.29 is 13.9 Å². The maximum Gasteiger partial charge on any atom is 0.374 e. The fraction of sp³-hybridized carbons (Fsp3) is 0.125. The van der Waals surface area contributed by atoms with E-state index in [-0.39, 0.29) is 30.1 Å². The zero-order valence-electron chi connectivity index (χ0n) is 13.2. The van der Waals surface area contributed by atoms with Gasteiger partial charge in [0.1, 0.15) is 0 Å². The summed E-state index contributed by atoms with van der Waals surface area (Å²) in [6.07, 6.45) is 0. The molecule has 0 aliphatic carbocycles. The maximum absolute atomic E-state index is 11.9. The third kappa shape index (κ3) is 4.32. The highest BCUT2D eigenvalue weighted by Gasteiger charge is 2.14. The van der Waals surface area contributed by atoms with Gasteiger partial charge in [0.2, 0.25) is 17.7 Å². The van der Waals surface area contributed by atoms with Crippen molar-refractivity contribution in [3.8, 4) is 0 Å². The summed E-state index contributed by atoms with van der Waals surface area (Å²) in [5.41, 5.74) is 7.57. The van der Waals surface area contributed by atoms with Gasteiger partial charge in [-0.25, -0.2) is 4.79 Å². The molecule has 0 unspecified atom stereocenters. The molecule has 0 atom stereocenters. The van der Waals surface area contributed by atoms with Crippen LogP contribution in [0.3, 0.4) is 0 Å². The van der Waals surface area contributed by atoms with Crippen LogP contribution in [0.25, 0.3) is 0 Å². The standard InChI is InChI=1S/C16H14BrN5O3/c1-9-4-2-3-5-10(9)19-16-21-13(20-15(18)22-16)8-24-14(23)11-6-7-12(17)25-11/h2-7H,8H2,1H3,(H3,18,19,20,21,22). The van der Waals surface area contributed by atoms with Crippen molar-refractivity contribution in [2.24, 2.45) is 0 Å². The molecule has 3 aromatic rings. The van der Waals surface area contributed by atoms with E-state index >= 15 is 0 Å². The molecule has 2 aromatic heterocycles. The van der Waals surface area contributed by atoms with Gasteiger partial charge in [0, 0.05) is 5.69 Å². The van der Waals surface area contributed by atoms with Gasteiger partial charge in [-0.15, -0.1) is 0 Å². The molecule has 128 valence electrons. The Morgan fingerprint density at radius 2 is 2.04 bits per heavy atom. The van der Waals surface area contributed by atoms with Crippen molar-refractivity contribution in [2.75, 3.05) is 11.1 Å². The number of aryl methyl sites for hydroxylation is 1. The molecule has 0 amide bonds. The van der Waals surface area contributed by atoms with Crippen LogP contribution in [0.2, 0.25) is 0 Å². The first-order valence-electron chi connectivity index (χ1n) is 7.27. The van der Waals surface area contributed by atoms with Crippen molar-refractivity contribution in [1.82, 2.24) is 15.0 Å². The highest BCUT2D eigenvalue weighted by Crippen LogP contribution is 2.18. The van der Waals surface area contributed by atoms with E-state index in [0.29, 0.717) is 4.67 Å². The number of rotatable bonds is 5. The highest BCUT2D eigenvalue weighted by molar-refractivity contribution is 9.10. The van der Waals surface area contributed by atoms with Crippen molar-refractivity contribution in [3.63, 3.8) is 0 Å². The Morgan fingerprint density at radius 1 is 1.24 bits per heavy atom. The first-order valence-corrected chi connectivity index (χ1v) is 8.06. The minimum atomic E-state index is -0.627. The molecule has 0 aliphatic rings. The van der Waals surface area contributed by atoms with Gasteiger partial charge in [-0.05, 0) is 46.6 Å². The van der Waals surface area contributed by atoms with E-state index in [1.165, 1.54) is 6.07 Å². The third-order valence-electron chi connectivity index (χ3n) is 3.20. The molecule has 3 rings (SSSR count). The number of nitrogens with two attached hydrogens (primary N) is 1. The molecule has 0 radical (unpaired) electrons. The molecule has 0 spiro atoms. The maximum atomic E-state index is 11.9. The van der Waals surface area contributed by atoms with Gasteiger partial charge >= 0.3 is 5.97 Å². The lowest BCUT2D eigenvalue weighted by atomic mass is 10.2. The number of furan rings is 1. The van der Waals surface area contributed by atoms with Gasteiger partial charge < -0.3 is 20.2 Å². The minimum absolute atomic E-state index is 0.0258. The predicted octanol–water partition coefficient (Wildman–Crippen LogP) is 3.22. The number of hydrogen-bond acceptors (Lipinski definition) is 8. The minimum Gasteiger partial charge on any atom is -0.452 e. The molecule has 0 saturated heterocycles. The Kier molecular flexibility index (Phi) is 4.94. The van der Waals surface area contributed by atoms with Crippen LogP contribution in [0, 0.1) is 6.92 Å². The van der Waals surface area contributed by atoms with E-state index in [4.69, 9.17) is 14.9 Å². The number of carbonyl (C=O) groups excluding carboxylic acids is 1. The van der Waals surface area contributed by atoms with Crippen molar-refractivity contribution in [2.45, 2.75) is 13.5 Å². The summed E-state index contributed by atoms with van der Waals surface area (Å²) < 4.78 is 10.7. The number of ether oxygens (including phenoxy) is 1. The van der Waals surface area contributed by atoms with Gasteiger partial charge in [-0.1, -0.05) is 18.2 Å². The van der Waals surface area contributed by atoms with E-state index in [0.717, 1.165) is 11.3 Å². The van der Waals surface area contributed by atoms with Crippen molar-refractivity contribution in [3.05, 3.63) is 58.2 Å². The quantitative estimate of drug-likeness (QED) is 0.623. The van der Waals surface area contributed by atoms with Crippen LogP contribution in [0.5, 0.6) is 0 Å². The van der Waals surface area contributed by atoms with Crippen LogP contribution in [0.1, 0.15) is 21.9 Å². The smallest absolute Gasteiger partial charge is 0.374 e. The van der Waals surface area contributed by atoms with E-state index in [1.807, 2.05) is 31.2 Å². The second kappa shape index (κ2) is 7.31. The van der Waals surface area contributed by atoms with Gasteiger partial charge in [0.05, 0.1) is 0 Å². The fourth-order valence-corrected chi connectivity index (χ4v) is 2.32. The van der Waals surface area contributed by atoms with Gasteiger partial charge in [0.15, 0.2) is 17.1 Å². The first kappa shape index (κ1) is 16.9. The molecule has 0 saturated carbocycles. The Bertz CT molecular complexity index is 912. The van der Waals surface area contributed by atoms with Crippen molar-refractivity contribution >= 4 is 39.5 Å². The van der Waals surface area contributed by atoms with Crippen LogP contribution in [-0.4, -0.2) is 20.9 Å². The Morgan fingerprint density at radius 3 is 2.76 bits per heavy atom. The fourth-order valence-electron chi connectivity index (χ4n) is 2.02. The van der Waals surface area contributed by atoms with E-state index in [1.54, 1.807) is 6.07 Å². The Labute approximate surface area is 151 Å². The molecule has 0 fully saturated rings. The number of nitrogen functional groups attached to an aromatic ring is 1. The second-order valence-corrected chi connectivity index (χ2v) is 5.83. The molecule has 1 aromatic carbocycles. The van der Waals surface area contributed by atoms with E-state index in [2.05, 4.69) is 36.2 Å². The second-order valence-electron chi connectivity index (χ2n) is 5.05. The third-order valence-corrected chi connectivity index (χ3v) is 3.62. The zero-order chi connectivity index (χ0) is 17.8. The predicted molar refractivity (Wildman–Crippen MR) is 94.2 cm³/mol. The summed E-state index contributed by atoms with van der Waals surface area (Å²) in [6, 6.07) is 10.8. The summed E-state index contributed by atoms with van der Waals surface area (Å²) in [7, 11) is 0. The van der Waals surface area contributed by atoms with E-state index in [9.17, 15) is 4.79 Å². The normalized spacial score (nSPS) is 10.5. The highest BCUT2D eigenvalue weighted by atomic mass is 79.9. The summed E-state index contributed by atoms with van der Waals surface area (Å²) in [4.78, 5) is 24.1. The molecular formula is C16H14BrN5O3. The molecule has 2 heterocycles. The first-order chi connectivity index (χ1) is 12.0. The number of anilines is 3. The number of nitrogens with one attached hydrogen (secondary N) is 1. The lowest BCUT2D eigenvalue weighted by Gasteiger charge is -2.09. The van der Waals surface area contributed by atoms with Crippen LogP contribution in [0.15, 0.2) is 45.5 Å². The summed E-state index contributed by atoms with van der Waals surface area (Å²) >= 11 is 3.12. The van der Waals surface area contributed by atoms with Gasteiger partial charge in [-0.2, -0.15) is 15.0 Å². The molecule has 8 nitrogen and oxygen atoms in total. The Balaban J connectivity index is 1.71. The number of nitrogens with zero attached hydrogens (tertiary/aromatic N) is 3. The molecule has 25 heavy (non-hydrogen) atoms. The van der Waals surface area contributed by atoms with Crippen molar-refractivity contribution in [1.29, 1.82) is 0 Å². The van der Waals surface area contributed by atoms with Crippen LogP contribution in [0.4, 0.5) is 17.6 Å². The molecule has 0 bridgehead atoms. The average Bonchev–Trinajstić information content (AvgIpc) is 3.01. The summed E-state index contributed by atoms with van der Waals surface area (Å²) in [6.45, 7) is 1.80. The molecular weight excluding hydrogens is 390 g/mol. The molecule has 0 aliphatic heterocycles. The summed E-state index contributed by atoms with van der Waals surface area (Å²) in [5.74, 6) is -0.0284. The van der Waals surface area contributed by atoms with Gasteiger partial charge in [0.25, 0.3) is 0 Å². The summed E-state index contributed by atoms with van der Waals surface area (Å²) in [5, 5.41) is 3.07. The topological polar surface area (TPSA) is 116 Å².